The number of aryl methyl sites for hydroxylation is 1. The summed E-state index contributed by atoms with van der Waals surface area (Å²) in [4.78, 5) is 16.1. The average Bonchev–Trinajstić information content (AvgIpc) is 2.82. The molecule has 0 unspecified atom stereocenters. The topological polar surface area (TPSA) is 70.7 Å². The SMILES string of the molecule is CCCc1nc(C(=O)Nc2ccc(Br)cc2Cl)n[nH]1. The predicted molar refractivity (Wildman–Crippen MR) is 77.5 cm³/mol. The van der Waals surface area contributed by atoms with E-state index in [2.05, 4.69) is 36.4 Å². The third-order valence-electron chi connectivity index (χ3n) is 2.40. The molecule has 0 atom stereocenters. The first-order chi connectivity index (χ1) is 9.10. The molecule has 1 amide bonds. The van der Waals surface area contributed by atoms with Gasteiger partial charge in [-0.3, -0.25) is 9.89 Å². The summed E-state index contributed by atoms with van der Waals surface area (Å²) < 4.78 is 0.846. The quantitative estimate of drug-likeness (QED) is 0.893. The number of carbonyl (C=O) groups excluding carboxylic acids is 1. The first kappa shape index (κ1) is 14.0. The molecule has 5 nitrogen and oxygen atoms in total. The highest BCUT2D eigenvalue weighted by atomic mass is 79.9. The van der Waals surface area contributed by atoms with Crippen molar-refractivity contribution in [3.63, 3.8) is 0 Å². The molecule has 0 aliphatic rings. The zero-order valence-electron chi connectivity index (χ0n) is 10.2. The van der Waals surface area contributed by atoms with Gasteiger partial charge >= 0.3 is 0 Å². The Hall–Kier alpha value is -1.40. The lowest BCUT2D eigenvalue weighted by molar-refractivity contribution is 0.101. The van der Waals surface area contributed by atoms with E-state index in [0.717, 1.165) is 17.3 Å². The van der Waals surface area contributed by atoms with E-state index >= 15 is 0 Å². The maximum Gasteiger partial charge on any atom is 0.295 e. The molecule has 1 aromatic heterocycles. The van der Waals surface area contributed by atoms with Crippen molar-refractivity contribution in [1.82, 2.24) is 15.2 Å². The van der Waals surface area contributed by atoms with Crippen LogP contribution in [0.5, 0.6) is 0 Å². The monoisotopic (exact) mass is 342 g/mol. The number of hydrogen-bond donors (Lipinski definition) is 2. The smallest absolute Gasteiger partial charge is 0.295 e. The van der Waals surface area contributed by atoms with Crippen molar-refractivity contribution in [3.05, 3.63) is 39.3 Å². The molecule has 0 fully saturated rings. The molecule has 2 rings (SSSR count). The van der Waals surface area contributed by atoms with Gasteiger partial charge in [0.2, 0.25) is 5.82 Å². The summed E-state index contributed by atoms with van der Waals surface area (Å²) in [6.45, 7) is 2.03. The molecule has 0 aliphatic heterocycles. The van der Waals surface area contributed by atoms with Crippen LogP contribution in [0.15, 0.2) is 22.7 Å². The first-order valence-electron chi connectivity index (χ1n) is 5.78. The Morgan fingerprint density at radius 1 is 1.53 bits per heavy atom. The second-order valence-electron chi connectivity index (χ2n) is 3.93. The summed E-state index contributed by atoms with van der Waals surface area (Å²) in [5.74, 6) is 0.430. The number of benzene rings is 1. The third-order valence-corrected chi connectivity index (χ3v) is 3.21. The van der Waals surface area contributed by atoms with Gasteiger partial charge in [-0.25, -0.2) is 4.98 Å². The van der Waals surface area contributed by atoms with Gasteiger partial charge in [-0.2, -0.15) is 0 Å². The van der Waals surface area contributed by atoms with Gasteiger partial charge in [0.15, 0.2) is 0 Å². The molecule has 1 heterocycles. The molecule has 7 heteroatoms. The predicted octanol–water partition coefficient (Wildman–Crippen LogP) is 3.43. The van der Waals surface area contributed by atoms with Gasteiger partial charge in [0.1, 0.15) is 5.82 Å². The van der Waals surface area contributed by atoms with Crippen molar-refractivity contribution in [2.24, 2.45) is 0 Å². The van der Waals surface area contributed by atoms with Crippen molar-refractivity contribution < 1.29 is 4.79 Å². The molecule has 0 saturated heterocycles. The molecule has 1 aromatic carbocycles. The van der Waals surface area contributed by atoms with Gasteiger partial charge in [0.05, 0.1) is 10.7 Å². The van der Waals surface area contributed by atoms with Crippen molar-refractivity contribution in [2.75, 3.05) is 5.32 Å². The van der Waals surface area contributed by atoms with E-state index in [0.29, 0.717) is 16.5 Å². The van der Waals surface area contributed by atoms with E-state index in [1.54, 1.807) is 18.2 Å². The van der Waals surface area contributed by atoms with Crippen LogP contribution >= 0.6 is 27.5 Å². The Bertz CT molecular complexity index is 599. The summed E-state index contributed by atoms with van der Waals surface area (Å²) in [5.41, 5.74) is 0.525. The number of rotatable bonds is 4. The van der Waals surface area contributed by atoms with Crippen LogP contribution in [0.25, 0.3) is 0 Å². The fourth-order valence-electron chi connectivity index (χ4n) is 1.51. The number of carbonyl (C=O) groups is 1. The molecule has 0 radical (unpaired) electrons. The zero-order chi connectivity index (χ0) is 13.8. The fourth-order valence-corrected chi connectivity index (χ4v) is 2.24. The van der Waals surface area contributed by atoms with Gasteiger partial charge in [-0.1, -0.05) is 34.5 Å². The van der Waals surface area contributed by atoms with E-state index in [4.69, 9.17) is 11.6 Å². The summed E-state index contributed by atoms with van der Waals surface area (Å²) in [7, 11) is 0. The molecule has 19 heavy (non-hydrogen) atoms. The molecule has 0 spiro atoms. The van der Waals surface area contributed by atoms with Gasteiger partial charge < -0.3 is 5.32 Å². The highest BCUT2D eigenvalue weighted by Gasteiger charge is 2.13. The highest BCUT2D eigenvalue weighted by Crippen LogP contribution is 2.25. The Balaban J connectivity index is 2.11. The molecular weight excluding hydrogens is 332 g/mol. The lowest BCUT2D eigenvalue weighted by atomic mass is 10.3. The second kappa shape index (κ2) is 6.16. The minimum atomic E-state index is -0.386. The average molecular weight is 344 g/mol. The number of halogens is 2. The van der Waals surface area contributed by atoms with Gasteiger partial charge in [0.25, 0.3) is 5.91 Å². The van der Waals surface area contributed by atoms with Gasteiger partial charge in [-0.15, -0.1) is 5.10 Å². The van der Waals surface area contributed by atoms with E-state index in [1.807, 2.05) is 6.92 Å². The van der Waals surface area contributed by atoms with E-state index in [9.17, 15) is 4.79 Å². The summed E-state index contributed by atoms with van der Waals surface area (Å²) >= 11 is 9.32. The number of nitrogens with one attached hydrogen (secondary N) is 2. The van der Waals surface area contributed by atoms with Crippen LogP contribution in [-0.4, -0.2) is 21.1 Å². The molecule has 2 aromatic rings. The van der Waals surface area contributed by atoms with Crippen LogP contribution in [0.1, 0.15) is 29.8 Å². The third kappa shape index (κ3) is 3.54. The maximum absolute atomic E-state index is 11.9. The van der Waals surface area contributed by atoms with Crippen LogP contribution < -0.4 is 5.32 Å². The van der Waals surface area contributed by atoms with Crippen LogP contribution in [0.4, 0.5) is 5.69 Å². The molecule has 2 N–H and O–H groups in total. The van der Waals surface area contributed by atoms with Crippen LogP contribution in [0.2, 0.25) is 5.02 Å². The van der Waals surface area contributed by atoms with E-state index in [-0.39, 0.29) is 11.7 Å². The van der Waals surface area contributed by atoms with E-state index in [1.165, 1.54) is 0 Å². The summed E-state index contributed by atoms with van der Waals surface area (Å²) in [6, 6.07) is 5.21. The summed E-state index contributed by atoms with van der Waals surface area (Å²) in [5, 5.41) is 9.74. The number of aromatic nitrogens is 3. The van der Waals surface area contributed by atoms with Crippen LogP contribution in [0, 0.1) is 0 Å². The number of anilines is 1. The van der Waals surface area contributed by atoms with Gasteiger partial charge in [0, 0.05) is 10.9 Å². The van der Waals surface area contributed by atoms with E-state index < -0.39 is 0 Å². The summed E-state index contributed by atoms with van der Waals surface area (Å²) in [6.07, 6.45) is 1.70. The second-order valence-corrected chi connectivity index (χ2v) is 5.26. The first-order valence-corrected chi connectivity index (χ1v) is 6.95. The highest BCUT2D eigenvalue weighted by molar-refractivity contribution is 9.10. The Morgan fingerprint density at radius 2 is 2.32 bits per heavy atom. The normalized spacial score (nSPS) is 10.5. The lowest BCUT2D eigenvalue weighted by Crippen LogP contribution is -2.14. The van der Waals surface area contributed by atoms with Crippen molar-refractivity contribution >= 4 is 39.1 Å². The zero-order valence-corrected chi connectivity index (χ0v) is 12.5. The Labute approximate surface area is 123 Å². The molecule has 0 bridgehead atoms. The van der Waals surface area contributed by atoms with Crippen LogP contribution in [-0.2, 0) is 6.42 Å². The largest absolute Gasteiger partial charge is 0.318 e. The lowest BCUT2D eigenvalue weighted by Gasteiger charge is -2.05. The van der Waals surface area contributed by atoms with Crippen molar-refractivity contribution in [3.8, 4) is 0 Å². The molecule has 0 aliphatic carbocycles. The number of aromatic amines is 1. The number of H-pyrrole nitrogens is 1. The minimum absolute atomic E-state index is 0.113. The standard InChI is InChI=1S/C12H12BrClN4O/c1-2-3-10-16-11(18-17-10)12(19)15-9-5-4-7(13)6-8(9)14/h4-6H,2-3H2,1H3,(H,15,19)(H,16,17,18). The van der Waals surface area contributed by atoms with Crippen molar-refractivity contribution in [2.45, 2.75) is 19.8 Å². The van der Waals surface area contributed by atoms with Crippen molar-refractivity contribution in [1.29, 1.82) is 0 Å². The van der Waals surface area contributed by atoms with Crippen LogP contribution in [0.3, 0.4) is 0 Å². The number of amides is 1. The Kier molecular flexibility index (Phi) is 4.55. The minimum Gasteiger partial charge on any atom is -0.318 e. The Morgan fingerprint density at radius 3 is 3.00 bits per heavy atom. The fraction of sp³-hybridized carbons (Fsp3) is 0.250. The number of hydrogen-bond acceptors (Lipinski definition) is 3. The molecule has 0 saturated carbocycles. The van der Waals surface area contributed by atoms with Gasteiger partial charge in [-0.05, 0) is 24.6 Å². The maximum atomic E-state index is 11.9. The number of nitrogens with zero attached hydrogens (tertiary/aromatic N) is 2. The molecule has 100 valence electrons. The molecular formula is C12H12BrClN4O.